The normalized spacial score (nSPS) is 12.1. The lowest BCUT2D eigenvalue weighted by molar-refractivity contribution is 0.239. The molecular formula is C14H17NO2Si. The standard InChI is InChI=1S/C12H9NO.C2H8OSi/c1-2-4-10-9(3-1)5-6-12-11(10)7-8-13-14-12;1-2-3-4/h1-8,13H;2H2,1,4H3. The van der Waals surface area contributed by atoms with Crippen molar-refractivity contribution >= 4 is 27.3 Å². The summed E-state index contributed by atoms with van der Waals surface area (Å²) in [5, 5.41) is 2.46. The van der Waals surface area contributed by atoms with E-state index in [1.165, 1.54) is 10.8 Å². The zero-order valence-electron chi connectivity index (χ0n) is 10.6. The van der Waals surface area contributed by atoms with E-state index < -0.39 is 0 Å². The summed E-state index contributed by atoms with van der Waals surface area (Å²) in [4.78, 5) is 5.29. The van der Waals surface area contributed by atoms with Crippen LogP contribution < -0.4 is 10.3 Å². The van der Waals surface area contributed by atoms with Crippen LogP contribution in [0.2, 0.25) is 0 Å². The lowest BCUT2D eigenvalue weighted by atomic mass is 10.0. The zero-order chi connectivity index (χ0) is 12.8. The number of hydrogen-bond acceptors (Lipinski definition) is 3. The third kappa shape index (κ3) is 2.72. The quantitative estimate of drug-likeness (QED) is 0.795. The molecule has 0 radical (unpaired) electrons. The van der Waals surface area contributed by atoms with Crippen molar-refractivity contribution in [3.05, 3.63) is 48.2 Å². The number of hydrogen-bond donors (Lipinski definition) is 1. The largest absolute Gasteiger partial charge is 0.428 e. The van der Waals surface area contributed by atoms with E-state index >= 15 is 0 Å². The smallest absolute Gasteiger partial charge is 0.162 e. The molecule has 0 fully saturated rings. The zero-order valence-corrected chi connectivity index (χ0v) is 12.6. The molecule has 0 saturated carbocycles. The van der Waals surface area contributed by atoms with Gasteiger partial charge in [0.15, 0.2) is 5.75 Å². The molecule has 3 nitrogen and oxygen atoms in total. The number of rotatable bonds is 1. The van der Waals surface area contributed by atoms with Gasteiger partial charge in [-0.05, 0) is 29.8 Å². The lowest BCUT2D eigenvalue weighted by Crippen LogP contribution is -2.14. The predicted octanol–water partition coefficient (Wildman–Crippen LogP) is 2.01. The van der Waals surface area contributed by atoms with Crippen LogP contribution in [-0.2, 0) is 4.43 Å². The number of hydroxylamine groups is 1. The fraction of sp³-hybridized carbons (Fsp3) is 0.143. The molecule has 1 aliphatic heterocycles. The average molecular weight is 259 g/mol. The van der Waals surface area contributed by atoms with Crippen LogP contribution in [0.1, 0.15) is 12.5 Å². The summed E-state index contributed by atoms with van der Waals surface area (Å²) in [5.74, 6) is 0.881. The molecule has 2 aromatic carbocycles. The Labute approximate surface area is 110 Å². The van der Waals surface area contributed by atoms with Crippen LogP contribution in [0.3, 0.4) is 0 Å². The molecule has 1 heterocycles. The molecule has 0 amide bonds. The first kappa shape index (κ1) is 12.7. The van der Waals surface area contributed by atoms with Gasteiger partial charge in [-0.3, -0.25) is 0 Å². The Morgan fingerprint density at radius 2 is 2.00 bits per heavy atom. The summed E-state index contributed by atoms with van der Waals surface area (Å²) in [6.45, 7) is 2.87. The van der Waals surface area contributed by atoms with Gasteiger partial charge in [0.25, 0.3) is 0 Å². The van der Waals surface area contributed by atoms with Crippen LogP contribution in [0.4, 0.5) is 0 Å². The van der Waals surface area contributed by atoms with E-state index in [9.17, 15) is 0 Å². The molecule has 1 aliphatic rings. The molecule has 94 valence electrons. The van der Waals surface area contributed by atoms with Crippen molar-refractivity contribution in [2.24, 2.45) is 0 Å². The monoisotopic (exact) mass is 259 g/mol. The van der Waals surface area contributed by atoms with Crippen molar-refractivity contribution in [3.63, 3.8) is 0 Å². The molecule has 0 bridgehead atoms. The summed E-state index contributed by atoms with van der Waals surface area (Å²) >= 11 is 0. The van der Waals surface area contributed by atoms with Gasteiger partial charge in [0.2, 0.25) is 0 Å². The third-order valence-corrected chi connectivity index (χ3v) is 3.28. The van der Waals surface area contributed by atoms with Crippen molar-refractivity contribution < 1.29 is 9.26 Å². The van der Waals surface area contributed by atoms with Gasteiger partial charge in [0.1, 0.15) is 10.5 Å². The summed E-state index contributed by atoms with van der Waals surface area (Å²) in [6.07, 6.45) is 3.83. The minimum atomic E-state index is 0.881. The van der Waals surface area contributed by atoms with E-state index in [1.807, 2.05) is 31.2 Å². The van der Waals surface area contributed by atoms with E-state index in [0.717, 1.165) is 28.4 Å². The van der Waals surface area contributed by atoms with Gasteiger partial charge in [-0.2, -0.15) is 0 Å². The Hall–Kier alpha value is -1.78. The van der Waals surface area contributed by atoms with Crippen molar-refractivity contribution in [1.82, 2.24) is 5.48 Å². The molecule has 1 N–H and O–H groups in total. The summed E-state index contributed by atoms with van der Waals surface area (Å²) < 4.78 is 4.68. The topological polar surface area (TPSA) is 30.5 Å². The Bertz CT molecular complexity index is 552. The van der Waals surface area contributed by atoms with Crippen LogP contribution >= 0.6 is 0 Å². The maximum Gasteiger partial charge on any atom is 0.162 e. The van der Waals surface area contributed by atoms with Gasteiger partial charge in [-0.25, -0.2) is 5.48 Å². The van der Waals surface area contributed by atoms with E-state index in [2.05, 4.69) is 28.1 Å². The molecule has 2 aromatic rings. The fourth-order valence-corrected chi connectivity index (χ4v) is 1.75. The maximum absolute atomic E-state index is 5.29. The Morgan fingerprint density at radius 3 is 2.78 bits per heavy atom. The maximum atomic E-state index is 5.29. The molecule has 0 aromatic heterocycles. The molecular weight excluding hydrogens is 242 g/mol. The lowest BCUT2D eigenvalue weighted by Gasteiger charge is -2.14. The highest BCUT2D eigenvalue weighted by atomic mass is 28.2. The van der Waals surface area contributed by atoms with Crippen LogP contribution in [-0.4, -0.2) is 17.1 Å². The van der Waals surface area contributed by atoms with Gasteiger partial charge in [-0.15, -0.1) is 0 Å². The van der Waals surface area contributed by atoms with Gasteiger partial charge in [0, 0.05) is 18.4 Å². The number of nitrogens with one attached hydrogen (secondary N) is 1. The highest BCUT2D eigenvalue weighted by Crippen LogP contribution is 2.30. The second-order valence-corrected chi connectivity index (χ2v) is 4.41. The minimum absolute atomic E-state index is 0.881. The van der Waals surface area contributed by atoms with Crippen molar-refractivity contribution in [2.75, 3.05) is 6.61 Å². The number of fused-ring (bicyclic) bond motifs is 3. The van der Waals surface area contributed by atoms with Crippen LogP contribution in [0.15, 0.2) is 42.6 Å². The molecule has 0 aliphatic carbocycles. The third-order valence-electron chi connectivity index (χ3n) is 2.71. The Balaban J connectivity index is 0.000000267. The Kier molecular flexibility index (Phi) is 4.39. The molecule has 0 saturated heterocycles. The van der Waals surface area contributed by atoms with E-state index in [0.29, 0.717) is 0 Å². The summed E-state index contributed by atoms with van der Waals surface area (Å²) in [5.41, 5.74) is 3.87. The first-order valence-electron chi connectivity index (χ1n) is 5.96. The average Bonchev–Trinajstić information content (AvgIpc) is 2.47. The van der Waals surface area contributed by atoms with Gasteiger partial charge in [-0.1, -0.05) is 30.3 Å². The van der Waals surface area contributed by atoms with Crippen molar-refractivity contribution in [2.45, 2.75) is 6.92 Å². The SMILES string of the molecule is C1=Cc2c(ccc3ccccc23)ON1.CCO[SiH3]. The molecule has 3 rings (SSSR count). The first-order valence-corrected chi connectivity index (χ1v) is 6.78. The van der Waals surface area contributed by atoms with Crippen LogP contribution in [0.25, 0.3) is 16.8 Å². The Morgan fingerprint density at radius 1 is 1.22 bits per heavy atom. The summed E-state index contributed by atoms with van der Waals surface area (Å²) in [7, 11) is 0.890. The second-order valence-electron chi connectivity index (χ2n) is 3.83. The molecule has 18 heavy (non-hydrogen) atoms. The molecule has 0 spiro atoms. The van der Waals surface area contributed by atoms with Crippen molar-refractivity contribution in [1.29, 1.82) is 0 Å². The first-order chi connectivity index (χ1) is 8.86. The molecule has 0 atom stereocenters. The number of benzene rings is 2. The second kappa shape index (κ2) is 6.23. The van der Waals surface area contributed by atoms with Crippen LogP contribution in [0.5, 0.6) is 5.75 Å². The van der Waals surface area contributed by atoms with Crippen molar-refractivity contribution in [3.8, 4) is 5.75 Å². The van der Waals surface area contributed by atoms with Gasteiger partial charge in [0.05, 0.1) is 0 Å². The highest BCUT2D eigenvalue weighted by Gasteiger charge is 2.08. The van der Waals surface area contributed by atoms with E-state index in [-0.39, 0.29) is 0 Å². The summed E-state index contributed by atoms with van der Waals surface area (Å²) in [6, 6.07) is 12.3. The minimum Gasteiger partial charge on any atom is -0.428 e. The van der Waals surface area contributed by atoms with Gasteiger partial charge >= 0.3 is 0 Å². The van der Waals surface area contributed by atoms with E-state index in [4.69, 9.17) is 4.84 Å². The van der Waals surface area contributed by atoms with E-state index in [1.54, 1.807) is 6.20 Å². The fourth-order valence-electron chi connectivity index (χ4n) is 1.75. The molecule has 4 heteroatoms. The van der Waals surface area contributed by atoms with Gasteiger partial charge < -0.3 is 9.26 Å². The van der Waals surface area contributed by atoms with Crippen LogP contribution in [0, 0.1) is 0 Å². The predicted molar refractivity (Wildman–Crippen MR) is 78.3 cm³/mol. The molecule has 0 unspecified atom stereocenters. The highest BCUT2D eigenvalue weighted by molar-refractivity contribution is 5.97.